The zero-order valence-electron chi connectivity index (χ0n) is 10.3. The van der Waals surface area contributed by atoms with Gasteiger partial charge in [0.15, 0.2) is 6.29 Å². The van der Waals surface area contributed by atoms with E-state index >= 15 is 0 Å². The van der Waals surface area contributed by atoms with Crippen LogP contribution in [0.2, 0.25) is 0 Å². The second-order valence-electron chi connectivity index (χ2n) is 2.85. The standard InChI is InChI=1S/C10H13NO2S.C2H6/c1-3-11(2)14(13)10-7-5-4-6-9(10)8-12;1-2/h4-8H,3H2,1-2H3;1-2H3. The van der Waals surface area contributed by atoms with E-state index in [0.29, 0.717) is 17.0 Å². The molecule has 0 radical (unpaired) electrons. The van der Waals surface area contributed by atoms with E-state index in [1.807, 2.05) is 20.8 Å². The first kappa shape index (κ1) is 15.0. The highest BCUT2D eigenvalue weighted by atomic mass is 32.2. The number of aldehydes is 1. The Labute approximate surface area is 100 Å². The highest BCUT2D eigenvalue weighted by Crippen LogP contribution is 2.13. The van der Waals surface area contributed by atoms with Gasteiger partial charge in [-0.1, -0.05) is 39.0 Å². The molecule has 0 aliphatic rings. The van der Waals surface area contributed by atoms with Gasteiger partial charge in [0.25, 0.3) is 0 Å². The lowest BCUT2D eigenvalue weighted by Gasteiger charge is -2.13. The Balaban J connectivity index is 0.00000106. The number of benzene rings is 1. The fraction of sp³-hybridized carbons (Fsp3) is 0.417. The number of hydrogen-bond donors (Lipinski definition) is 0. The summed E-state index contributed by atoms with van der Waals surface area (Å²) in [7, 11) is 0.524. The van der Waals surface area contributed by atoms with E-state index in [1.54, 1.807) is 35.6 Å². The predicted octanol–water partition coefficient (Wildman–Crippen LogP) is 2.50. The van der Waals surface area contributed by atoms with Crippen molar-refractivity contribution < 1.29 is 9.00 Å². The maximum absolute atomic E-state index is 11.8. The van der Waals surface area contributed by atoms with E-state index in [2.05, 4.69) is 0 Å². The molecular formula is C12H19NO2S. The average molecular weight is 241 g/mol. The van der Waals surface area contributed by atoms with Crippen molar-refractivity contribution in [3.63, 3.8) is 0 Å². The van der Waals surface area contributed by atoms with Crippen LogP contribution >= 0.6 is 0 Å². The second kappa shape index (κ2) is 8.19. The zero-order chi connectivity index (χ0) is 12.6. The molecule has 0 fully saturated rings. The third-order valence-corrected chi connectivity index (χ3v) is 3.53. The topological polar surface area (TPSA) is 37.4 Å². The summed E-state index contributed by atoms with van der Waals surface area (Å²) < 4.78 is 13.5. The molecule has 1 aromatic rings. The van der Waals surface area contributed by atoms with Crippen LogP contribution < -0.4 is 0 Å². The Bertz CT molecular complexity index is 353. The Hall–Kier alpha value is -1.00. The third kappa shape index (κ3) is 3.87. The molecule has 0 spiro atoms. The van der Waals surface area contributed by atoms with Gasteiger partial charge in [-0.25, -0.2) is 8.51 Å². The van der Waals surface area contributed by atoms with Crippen molar-refractivity contribution >= 4 is 17.3 Å². The molecular weight excluding hydrogens is 222 g/mol. The van der Waals surface area contributed by atoms with Crippen molar-refractivity contribution in [2.75, 3.05) is 13.6 Å². The van der Waals surface area contributed by atoms with Crippen LogP contribution in [0.4, 0.5) is 0 Å². The van der Waals surface area contributed by atoms with Gasteiger partial charge in [0.1, 0.15) is 11.0 Å². The summed E-state index contributed by atoms with van der Waals surface area (Å²) in [5, 5.41) is 0. The minimum atomic E-state index is -1.24. The monoisotopic (exact) mass is 241 g/mol. The van der Waals surface area contributed by atoms with E-state index in [1.165, 1.54) is 0 Å². The maximum atomic E-state index is 11.8. The molecule has 3 nitrogen and oxygen atoms in total. The van der Waals surface area contributed by atoms with E-state index in [9.17, 15) is 9.00 Å². The van der Waals surface area contributed by atoms with Crippen LogP contribution in [-0.2, 0) is 11.0 Å². The highest BCUT2D eigenvalue weighted by Gasteiger charge is 2.11. The number of nitrogens with zero attached hydrogens (tertiary/aromatic N) is 1. The molecule has 0 heterocycles. The van der Waals surface area contributed by atoms with Crippen LogP contribution in [-0.4, -0.2) is 28.4 Å². The normalized spacial score (nSPS) is 11.6. The van der Waals surface area contributed by atoms with Crippen molar-refractivity contribution in [2.45, 2.75) is 25.7 Å². The molecule has 0 aromatic heterocycles. The van der Waals surface area contributed by atoms with Gasteiger partial charge in [-0.2, -0.15) is 0 Å². The van der Waals surface area contributed by atoms with Crippen LogP contribution in [0.1, 0.15) is 31.1 Å². The summed E-state index contributed by atoms with van der Waals surface area (Å²) in [4.78, 5) is 11.3. The Morgan fingerprint density at radius 1 is 1.31 bits per heavy atom. The van der Waals surface area contributed by atoms with Gasteiger partial charge in [0.2, 0.25) is 0 Å². The fourth-order valence-corrected chi connectivity index (χ4v) is 2.11. The first-order valence-electron chi connectivity index (χ1n) is 5.38. The number of hydrogen-bond acceptors (Lipinski definition) is 2. The Morgan fingerprint density at radius 2 is 1.88 bits per heavy atom. The molecule has 0 N–H and O–H groups in total. The molecule has 0 bridgehead atoms. The van der Waals surface area contributed by atoms with Gasteiger partial charge in [-0.3, -0.25) is 4.79 Å². The van der Waals surface area contributed by atoms with E-state index in [4.69, 9.17) is 0 Å². The van der Waals surface area contributed by atoms with Gasteiger partial charge >= 0.3 is 0 Å². The lowest BCUT2D eigenvalue weighted by molar-refractivity contribution is 0.112. The Kier molecular flexibility index (Phi) is 7.68. The quantitative estimate of drug-likeness (QED) is 0.760. The van der Waals surface area contributed by atoms with Crippen LogP contribution in [0.3, 0.4) is 0 Å². The smallest absolute Gasteiger partial charge is 0.151 e. The lowest BCUT2D eigenvalue weighted by atomic mass is 10.2. The molecule has 0 saturated heterocycles. The van der Waals surface area contributed by atoms with E-state index < -0.39 is 11.0 Å². The van der Waals surface area contributed by atoms with E-state index in [0.717, 1.165) is 6.29 Å². The Morgan fingerprint density at radius 3 is 2.38 bits per heavy atom. The molecule has 0 aliphatic heterocycles. The first-order valence-corrected chi connectivity index (χ1v) is 6.48. The van der Waals surface area contributed by atoms with Gasteiger partial charge in [0, 0.05) is 19.2 Å². The van der Waals surface area contributed by atoms with Crippen LogP contribution in [0.25, 0.3) is 0 Å². The van der Waals surface area contributed by atoms with E-state index in [-0.39, 0.29) is 0 Å². The molecule has 0 amide bonds. The maximum Gasteiger partial charge on any atom is 0.151 e. The van der Waals surface area contributed by atoms with Crippen LogP contribution in [0.15, 0.2) is 29.2 Å². The van der Waals surface area contributed by atoms with Gasteiger partial charge in [-0.05, 0) is 6.07 Å². The molecule has 4 heteroatoms. The summed E-state index contributed by atoms with van der Waals surface area (Å²) in [6.45, 7) is 6.60. The van der Waals surface area contributed by atoms with Crippen molar-refractivity contribution in [2.24, 2.45) is 0 Å². The van der Waals surface area contributed by atoms with Gasteiger partial charge < -0.3 is 0 Å². The molecule has 1 unspecified atom stereocenters. The van der Waals surface area contributed by atoms with Crippen molar-refractivity contribution in [3.05, 3.63) is 29.8 Å². The summed E-state index contributed by atoms with van der Waals surface area (Å²) in [6, 6.07) is 6.93. The molecule has 90 valence electrons. The molecule has 1 rings (SSSR count). The van der Waals surface area contributed by atoms with Crippen LogP contribution in [0.5, 0.6) is 0 Å². The highest BCUT2D eigenvalue weighted by molar-refractivity contribution is 7.82. The molecule has 0 aliphatic carbocycles. The summed E-state index contributed by atoms with van der Waals surface area (Å²) >= 11 is 0. The lowest BCUT2D eigenvalue weighted by Crippen LogP contribution is -2.21. The average Bonchev–Trinajstić information content (AvgIpc) is 2.39. The van der Waals surface area contributed by atoms with Crippen LogP contribution in [0, 0.1) is 0 Å². The predicted molar refractivity (Wildman–Crippen MR) is 67.9 cm³/mol. The minimum Gasteiger partial charge on any atom is -0.298 e. The summed E-state index contributed by atoms with van der Waals surface area (Å²) in [5.41, 5.74) is 0.492. The van der Waals surface area contributed by atoms with Crippen molar-refractivity contribution in [1.29, 1.82) is 0 Å². The number of carbonyl (C=O) groups excluding carboxylic acids is 1. The molecule has 1 aromatic carbocycles. The molecule has 0 saturated carbocycles. The summed E-state index contributed by atoms with van der Waals surface area (Å²) in [6.07, 6.45) is 0.733. The zero-order valence-corrected chi connectivity index (χ0v) is 11.1. The fourth-order valence-electron chi connectivity index (χ4n) is 1.02. The minimum absolute atomic E-state index is 0.492. The van der Waals surface area contributed by atoms with Crippen molar-refractivity contribution in [1.82, 2.24) is 4.31 Å². The van der Waals surface area contributed by atoms with Gasteiger partial charge in [0.05, 0.1) is 4.90 Å². The summed E-state index contributed by atoms with van der Waals surface area (Å²) in [5.74, 6) is 0. The SMILES string of the molecule is CC.CCN(C)S(=O)c1ccccc1C=O. The van der Waals surface area contributed by atoms with Gasteiger partial charge in [-0.15, -0.1) is 0 Å². The second-order valence-corrected chi connectivity index (χ2v) is 4.41. The largest absolute Gasteiger partial charge is 0.298 e. The third-order valence-electron chi connectivity index (χ3n) is 1.96. The number of rotatable bonds is 4. The molecule has 1 atom stereocenters. The number of carbonyl (C=O) groups is 1. The molecule has 16 heavy (non-hydrogen) atoms. The van der Waals surface area contributed by atoms with Crippen molar-refractivity contribution in [3.8, 4) is 0 Å². The first-order chi connectivity index (χ1) is 7.70.